The lowest BCUT2D eigenvalue weighted by atomic mass is 9.43. The van der Waals surface area contributed by atoms with Gasteiger partial charge in [0.15, 0.2) is 5.78 Å². The van der Waals surface area contributed by atoms with Gasteiger partial charge in [0.25, 0.3) is 0 Å². The summed E-state index contributed by atoms with van der Waals surface area (Å²) in [5.41, 5.74) is -3.21. The molecule has 8 nitrogen and oxygen atoms in total. The molecule has 8 heteroatoms. The number of benzene rings is 1. The van der Waals surface area contributed by atoms with Gasteiger partial charge < -0.3 is 29.2 Å². The molecule has 2 saturated carbocycles. The van der Waals surface area contributed by atoms with Gasteiger partial charge in [-0.2, -0.15) is 0 Å². The second-order valence-electron chi connectivity index (χ2n) is 11.0. The van der Waals surface area contributed by atoms with E-state index in [4.69, 9.17) is 13.9 Å². The van der Waals surface area contributed by atoms with Crippen molar-refractivity contribution in [1.82, 2.24) is 0 Å². The first-order valence-corrected chi connectivity index (χ1v) is 12.0. The zero-order valence-electron chi connectivity index (χ0n) is 20.4. The zero-order chi connectivity index (χ0) is 25.3. The van der Waals surface area contributed by atoms with Crippen molar-refractivity contribution in [3.8, 4) is 22.8 Å². The number of aliphatic hydroxyl groups excluding tert-OH is 3. The van der Waals surface area contributed by atoms with Crippen LogP contribution < -0.4 is 15.1 Å². The molecule has 3 aliphatic rings. The second kappa shape index (κ2) is 7.91. The van der Waals surface area contributed by atoms with Crippen molar-refractivity contribution < 1.29 is 34.0 Å². The van der Waals surface area contributed by atoms with Crippen LogP contribution in [-0.4, -0.2) is 52.6 Å². The van der Waals surface area contributed by atoms with Crippen molar-refractivity contribution in [1.29, 1.82) is 0 Å². The number of hydrogen-bond donors (Lipinski definition) is 3. The van der Waals surface area contributed by atoms with Gasteiger partial charge in [0.05, 0.1) is 31.8 Å². The van der Waals surface area contributed by atoms with Crippen molar-refractivity contribution in [2.75, 3.05) is 13.7 Å². The van der Waals surface area contributed by atoms with Crippen molar-refractivity contribution in [3.05, 3.63) is 46.3 Å². The van der Waals surface area contributed by atoms with Gasteiger partial charge in [-0.3, -0.25) is 4.79 Å². The molecule has 0 radical (unpaired) electrons. The lowest BCUT2D eigenvalue weighted by molar-refractivity contribution is -0.226. The smallest absolute Gasteiger partial charge is 0.351 e. The van der Waals surface area contributed by atoms with E-state index in [9.17, 15) is 24.9 Å². The average Bonchev–Trinajstić information content (AvgIpc) is 2.83. The van der Waals surface area contributed by atoms with E-state index in [0.29, 0.717) is 24.2 Å². The summed E-state index contributed by atoms with van der Waals surface area (Å²) in [6.07, 6.45) is -0.645. The van der Waals surface area contributed by atoms with Crippen LogP contribution in [0.2, 0.25) is 0 Å². The molecule has 0 bridgehead atoms. The number of ketones is 1. The third-order valence-electron chi connectivity index (χ3n) is 9.13. The number of fused-ring (bicyclic) bond motifs is 4. The summed E-state index contributed by atoms with van der Waals surface area (Å²) >= 11 is 0. The first kappa shape index (κ1) is 24.0. The molecule has 3 N–H and O–H groups in total. The molecule has 1 aromatic heterocycles. The first-order chi connectivity index (χ1) is 16.5. The molecular formula is C27H32O8. The van der Waals surface area contributed by atoms with Gasteiger partial charge >= 0.3 is 5.63 Å². The fourth-order valence-electron chi connectivity index (χ4n) is 7.08. The van der Waals surface area contributed by atoms with E-state index in [0.717, 1.165) is 0 Å². The van der Waals surface area contributed by atoms with Crippen LogP contribution in [0.3, 0.4) is 0 Å². The number of carbonyl (C=O) groups is 1. The Morgan fingerprint density at radius 2 is 1.77 bits per heavy atom. The molecule has 0 saturated heterocycles. The predicted molar refractivity (Wildman–Crippen MR) is 126 cm³/mol. The largest absolute Gasteiger partial charge is 0.497 e. The number of Topliss-reactive ketones (excluding diaryl/α,β-unsaturated/α-hetero) is 1. The molecule has 188 valence electrons. The van der Waals surface area contributed by atoms with Crippen molar-refractivity contribution in [3.63, 3.8) is 0 Å². The minimum absolute atomic E-state index is 0.0951. The highest BCUT2D eigenvalue weighted by Gasteiger charge is 2.69. The zero-order valence-corrected chi connectivity index (χ0v) is 20.4. The third-order valence-corrected chi connectivity index (χ3v) is 9.13. The summed E-state index contributed by atoms with van der Waals surface area (Å²) < 4.78 is 17.1. The van der Waals surface area contributed by atoms with Crippen molar-refractivity contribution in [2.24, 2.45) is 22.7 Å². The summed E-state index contributed by atoms with van der Waals surface area (Å²) in [5, 5.41) is 32.3. The minimum Gasteiger partial charge on any atom is -0.497 e. The Hall–Kier alpha value is -2.68. The molecule has 0 spiro atoms. The van der Waals surface area contributed by atoms with Gasteiger partial charge in [-0.1, -0.05) is 13.8 Å². The fourth-order valence-corrected chi connectivity index (χ4v) is 7.08. The third kappa shape index (κ3) is 3.23. The van der Waals surface area contributed by atoms with Gasteiger partial charge in [0.2, 0.25) is 0 Å². The molecule has 35 heavy (non-hydrogen) atoms. The minimum atomic E-state index is -1.28. The highest BCUT2D eigenvalue weighted by molar-refractivity contribution is 6.02. The summed E-state index contributed by atoms with van der Waals surface area (Å²) in [6, 6.07) is 8.48. The highest BCUT2D eigenvalue weighted by Crippen LogP contribution is 2.64. The highest BCUT2D eigenvalue weighted by atomic mass is 16.5. The molecule has 5 rings (SSSR count). The lowest BCUT2D eigenvalue weighted by Gasteiger charge is -2.64. The normalized spacial score (nSPS) is 38.1. The number of methoxy groups -OCH3 is 1. The number of ether oxygens (including phenoxy) is 2. The van der Waals surface area contributed by atoms with Crippen LogP contribution in [-0.2, 0) is 0 Å². The van der Waals surface area contributed by atoms with Gasteiger partial charge in [0, 0.05) is 17.0 Å². The molecule has 1 aromatic carbocycles. The van der Waals surface area contributed by atoms with Crippen LogP contribution in [0.5, 0.6) is 11.5 Å². The van der Waals surface area contributed by atoms with E-state index in [1.165, 1.54) is 6.07 Å². The molecular weight excluding hydrogens is 452 g/mol. The van der Waals surface area contributed by atoms with E-state index in [1.807, 2.05) is 6.92 Å². The topological polar surface area (TPSA) is 126 Å². The number of carbonyl (C=O) groups excluding carboxylic acids is 1. The summed E-state index contributed by atoms with van der Waals surface area (Å²) in [5.74, 6) is -0.629. The van der Waals surface area contributed by atoms with E-state index in [1.54, 1.807) is 45.2 Å². The Balaban J connectivity index is 1.63. The Morgan fingerprint density at radius 1 is 1.09 bits per heavy atom. The van der Waals surface area contributed by atoms with Crippen LogP contribution >= 0.6 is 0 Å². The van der Waals surface area contributed by atoms with Gasteiger partial charge in [-0.25, -0.2) is 4.79 Å². The molecule has 2 aromatic rings. The Morgan fingerprint density at radius 3 is 2.40 bits per heavy atom. The van der Waals surface area contributed by atoms with Gasteiger partial charge in [-0.15, -0.1) is 0 Å². The Labute approximate surface area is 203 Å². The maximum atomic E-state index is 14.0. The molecule has 2 heterocycles. The number of hydrogen-bond acceptors (Lipinski definition) is 8. The molecule has 1 aliphatic heterocycles. The van der Waals surface area contributed by atoms with Crippen LogP contribution in [0.4, 0.5) is 0 Å². The molecule has 2 fully saturated rings. The van der Waals surface area contributed by atoms with Crippen LogP contribution in [0.25, 0.3) is 11.3 Å². The Kier molecular flexibility index (Phi) is 5.43. The van der Waals surface area contributed by atoms with Gasteiger partial charge in [0.1, 0.15) is 28.4 Å². The van der Waals surface area contributed by atoms with E-state index in [-0.39, 0.29) is 36.0 Å². The van der Waals surface area contributed by atoms with E-state index in [2.05, 4.69) is 0 Å². The number of rotatable bonds is 3. The van der Waals surface area contributed by atoms with Crippen LogP contribution in [0.1, 0.15) is 50.4 Å². The maximum absolute atomic E-state index is 14.0. The Bertz CT molecular complexity index is 1220. The maximum Gasteiger partial charge on any atom is 0.351 e. The van der Waals surface area contributed by atoms with Crippen LogP contribution in [0.15, 0.2) is 39.5 Å². The van der Waals surface area contributed by atoms with Crippen LogP contribution in [0, 0.1) is 22.7 Å². The SMILES string of the molecule is COc1ccc(-c2cc3c(c(=O)o2)C(=O)C2[C@@]4(C)CC[C@H](O)C(C)(CO)C4C[C@H](O)[C@@]2(C)O3)cc1. The van der Waals surface area contributed by atoms with E-state index < -0.39 is 46.0 Å². The predicted octanol–water partition coefficient (Wildman–Crippen LogP) is 2.81. The van der Waals surface area contributed by atoms with Crippen molar-refractivity contribution >= 4 is 5.78 Å². The molecule has 0 amide bonds. The molecule has 7 atom stereocenters. The summed E-state index contributed by atoms with van der Waals surface area (Å²) in [7, 11) is 1.56. The average molecular weight is 485 g/mol. The van der Waals surface area contributed by atoms with Crippen molar-refractivity contribution in [2.45, 2.75) is 57.8 Å². The lowest BCUT2D eigenvalue weighted by Crippen LogP contribution is -2.71. The van der Waals surface area contributed by atoms with E-state index >= 15 is 0 Å². The number of aliphatic hydroxyl groups is 3. The fraction of sp³-hybridized carbons (Fsp3) is 0.556. The van der Waals surface area contributed by atoms with Gasteiger partial charge in [-0.05, 0) is 61.8 Å². The monoisotopic (exact) mass is 484 g/mol. The summed E-state index contributed by atoms with van der Waals surface area (Å²) in [6.45, 7) is 5.19. The molecule has 2 aliphatic carbocycles. The quantitative estimate of drug-likeness (QED) is 0.607. The standard InChI is InChI=1S/C27H32O8/c1-25-10-9-19(29)26(2,13-28)18(25)12-20(30)27(3)23(25)22(31)21-17(35-27)11-16(34-24(21)32)14-5-7-15(33-4)8-6-14/h5-8,11,18-20,23,28-30H,9-10,12-13H2,1-4H3/t18?,19-,20-,23?,25-,26?,27+/m0/s1. The summed E-state index contributed by atoms with van der Waals surface area (Å²) in [4.78, 5) is 27.1. The molecule has 3 unspecified atom stereocenters. The second-order valence-corrected chi connectivity index (χ2v) is 11.0. The first-order valence-electron chi connectivity index (χ1n) is 12.0.